The molecule has 0 saturated heterocycles. The molecule has 2 heterocycles. The van der Waals surface area contributed by atoms with Gasteiger partial charge in [0.05, 0.1) is 17.6 Å². The van der Waals surface area contributed by atoms with Crippen LogP contribution in [0, 0.1) is 13.8 Å². The summed E-state index contributed by atoms with van der Waals surface area (Å²) in [5, 5.41) is 2.80. The molecular formula is C18H19N3O3. The molecular weight excluding hydrogens is 306 g/mol. The number of benzene rings is 1. The minimum Gasteiger partial charge on any atom is -0.465 e. The second-order valence-electron chi connectivity index (χ2n) is 5.68. The van der Waals surface area contributed by atoms with Gasteiger partial charge in [0.2, 0.25) is 5.91 Å². The first-order valence-corrected chi connectivity index (χ1v) is 7.83. The number of amides is 1. The van der Waals surface area contributed by atoms with Gasteiger partial charge in [-0.25, -0.2) is 4.98 Å². The van der Waals surface area contributed by atoms with Crippen molar-refractivity contribution in [3.63, 3.8) is 0 Å². The van der Waals surface area contributed by atoms with Crippen LogP contribution in [0.5, 0.6) is 0 Å². The zero-order valence-corrected chi connectivity index (χ0v) is 13.7. The summed E-state index contributed by atoms with van der Waals surface area (Å²) in [6.07, 6.45) is 0.215. The number of para-hydroxylation sites is 2. The minimum atomic E-state index is -0.164. The lowest BCUT2D eigenvalue weighted by atomic mass is 10.2. The maximum absolute atomic E-state index is 12.3. The highest BCUT2D eigenvalue weighted by atomic mass is 16.3. The summed E-state index contributed by atoms with van der Waals surface area (Å²) in [5.41, 5.74) is 1.76. The first kappa shape index (κ1) is 16.0. The normalized spacial score (nSPS) is 10.9. The number of furan rings is 1. The Bertz CT molecular complexity index is 940. The lowest BCUT2D eigenvalue weighted by molar-refractivity contribution is -0.121. The van der Waals surface area contributed by atoms with Crippen LogP contribution in [0.3, 0.4) is 0 Å². The van der Waals surface area contributed by atoms with Crippen molar-refractivity contribution in [3.05, 3.63) is 64.0 Å². The molecule has 1 amide bonds. The predicted octanol–water partition coefficient (Wildman–Crippen LogP) is 2.31. The van der Waals surface area contributed by atoms with E-state index in [-0.39, 0.29) is 17.9 Å². The fourth-order valence-corrected chi connectivity index (χ4v) is 2.61. The van der Waals surface area contributed by atoms with E-state index in [1.165, 1.54) is 0 Å². The van der Waals surface area contributed by atoms with Gasteiger partial charge < -0.3 is 14.3 Å². The standard InChI is InChI=1S/C18H19N3O3/c1-12-7-8-14(24-12)11-19-17(22)9-10-21-16-6-4-3-5-15(16)20-13(2)18(21)23/h3-8H,9-11H2,1-2H3,(H,19,22). The summed E-state index contributed by atoms with van der Waals surface area (Å²) in [7, 11) is 0. The average Bonchev–Trinajstić information content (AvgIpc) is 2.99. The van der Waals surface area contributed by atoms with Gasteiger partial charge in [0.1, 0.15) is 17.2 Å². The first-order chi connectivity index (χ1) is 11.5. The molecule has 0 spiro atoms. The Morgan fingerprint density at radius 3 is 2.75 bits per heavy atom. The molecule has 0 aliphatic rings. The van der Waals surface area contributed by atoms with Gasteiger partial charge in [0.15, 0.2) is 0 Å². The predicted molar refractivity (Wildman–Crippen MR) is 90.6 cm³/mol. The third-order valence-corrected chi connectivity index (χ3v) is 3.83. The van der Waals surface area contributed by atoms with Crippen LogP contribution in [0.4, 0.5) is 0 Å². The van der Waals surface area contributed by atoms with Crippen LogP contribution in [-0.2, 0) is 17.9 Å². The number of fused-ring (bicyclic) bond motifs is 1. The van der Waals surface area contributed by atoms with Crippen LogP contribution in [-0.4, -0.2) is 15.5 Å². The average molecular weight is 325 g/mol. The number of rotatable bonds is 5. The number of aromatic nitrogens is 2. The number of carbonyl (C=O) groups is 1. The van der Waals surface area contributed by atoms with Gasteiger partial charge in [-0.15, -0.1) is 0 Å². The van der Waals surface area contributed by atoms with Crippen LogP contribution >= 0.6 is 0 Å². The molecule has 2 aromatic heterocycles. The molecule has 0 saturated carbocycles. The van der Waals surface area contributed by atoms with Crippen LogP contribution in [0.1, 0.15) is 23.6 Å². The maximum atomic E-state index is 12.3. The molecule has 1 N–H and O–H groups in total. The van der Waals surface area contributed by atoms with E-state index in [1.54, 1.807) is 11.5 Å². The summed E-state index contributed by atoms with van der Waals surface area (Å²) in [5.74, 6) is 1.39. The van der Waals surface area contributed by atoms with Gasteiger partial charge >= 0.3 is 0 Å². The first-order valence-electron chi connectivity index (χ1n) is 7.83. The SMILES string of the molecule is Cc1ccc(CNC(=O)CCn2c(=O)c(C)nc3ccccc32)o1. The fourth-order valence-electron chi connectivity index (χ4n) is 2.61. The largest absolute Gasteiger partial charge is 0.465 e. The minimum absolute atomic E-state index is 0.130. The van der Waals surface area contributed by atoms with E-state index in [4.69, 9.17) is 4.42 Å². The molecule has 24 heavy (non-hydrogen) atoms. The number of hydrogen-bond donors (Lipinski definition) is 1. The van der Waals surface area contributed by atoms with Crippen molar-refractivity contribution in [2.75, 3.05) is 0 Å². The van der Waals surface area contributed by atoms with Crippen molar-refractivity contribution >= 4 is 16.9 Å². The fraction of sp³-hybridized carbons (Fsp3) is 0.278. The highest BCUT2D eigenvalue weighted by Crippen LogP contribution is 2.10. The van der Waals surface area contributed by atoms with Crippen molar-refractivity contribution in [1.29, 1.82) is 0 Å². The Kier molecular flexibility index (Phi) is 4.46. The van der Waals surface area contributed by atoms with E-state index in [9.17, 15) is 9.59 Å². The highest BCUT2D eigenvalue weighted by molar-refractivity contribution is 5.77. The summed E-state index contributed by atoms with van der Waals surface area (Å²) in [6.45, 7) is 4.20. The van der Waals surface area contributed by atoms with Crippen LogP contribution in [0.2, 0.25) is 0 Å². The number of nitrogens with one attached hydrogen (secondary N) is 1. The molecule has 1 aromatic carbocycles. The highest BCUT2D eigenvalue weighted by Gasteiger charge is 2.10. The number of aryl methyl sites for hydroxylation is 3. The molecule has 0 fully saturated rings. The Labute approximate surface area is 139 Å². The maximum Gasteiger partial charge on any atom is 0.272 e. The molecule has 124 valence electrons. The zero-order chi connectivity index (χ0) is 17.1. The summed E-state index contributed by atoms with van der Waals surface area (Å²) < 4.78 is 7.02. The van der Waals surface area contributed by atoms with E-state index >= 15 is 0 Å². The topological polar surface area (TPSA) is 77.1 Å². The number of nitrogens with zero attached hydrogens (tertiary/aromatic N) is 2. The van der Waals surface area contributed by atoms with E-state index in [1.807, 2.05) is 43.3 Å². The smallest absolute Gasteiger partial charge is 0.272 e. The van der Waals surface area contributed by atoms with Gasteiger partial charge in [0, 0.05) is 13.0 Å². The molecule has 0 atom stereocenters. The van der Waals surface area contributed by atoms with Gasteiger partial charge in [-0.2, -0.15) is 0 Å². The van der Waals surface area contributed by atoms with E-state index in [0.717, 1.165) is 16.8 Å². The Morgan fingerprint density at radius 1 is 1.21 bits per heavy atom. The van der Waals surface area contributed by atoms with Crippen molar-refractivity contribution in [1.82, 2.24) is 14.9 Å². The molecule has 3 rings (SSSR count). The van der Waals surface area contributed by atoms with E-state index in [2.05, 4.69) is 10.3 Å². The summed E-state index contributed by atoms with van der Waals surface area (Å²) in [6, 6.07) is 11.1. The molecule has 0 unspecified atom stereocenters. The number of hydrogen-bond acceptors (Lipinski definition) is 4. The molecule has 3 aromatic rings. The third kappa shape index (κ3) is 3.37. The lowest BCUT2D eigenvalue weighted by Crippen LogP contribution is -2.28. The van der Waals surface area contributed by atoms with Crippen molar-refractivity contribution in [3.8, 4) is 0 Å². The molecule has 0 radical (unpaired) electrons. The quantitative estimate of drug-likeness (QED) is 0.781. The summed E-state index contributed by atoms with van der Waals surface area (Å²) >= 11 is 0. The van der Waals surface area contributed by atoms with Crippen molar-refractivity contribution in [2.45, 2.75) is 33.4 Å². The Morgan fingerprint density at radius 2 is 2.00 bits per heavy atom. The number of carbonyl (C=O) groups excluding carboxylic acids is 1. The third-order valence-electron chi connectivity index (χ3n) is 3.83. The van der Waals surface area contributed by atoms with E-state index in [0.29, 0.717) is 24.5 Å². The second kappa shape index (κ2) is 6.70. The van der Waals surface area contributed by atoms with Crippen molar-refractivity contribution < 1.29 is 9.21 Å². The van der Waals surface area contributed by atoms with Gasteiger partial charge in [-0.05, 0) is 38.1 Å². The van der Waals surface area contributed by atoms with Crippen molar-refractivity contribution in [2.24, 2.45) is 0 Å². The molecule has 6 heteroatoms. The second-order valence-corrected chi connectivity index (χ2v) is 5.68. The van der Waals surface area contributed by atoms with Gasteiger partial charge in [-0.1, -0.05) is 12.1 Å². The van der Waals surface area contributed by atoms with Crippen LogP contribution in [0.25, 0.3) is 11.0 Å². The van der Waals surface area contributed by atoms with Crippen LogP contribution < -0.4 is 10.9 Å². The van der Waals surface area contributed by atoms with Crippen LogP contribution in [0.15, 0.2) is 45.6 Å². The Hall–Kier alpha value is -2.89. The molecule has 0 bridgehead atoms. The summed E-state index contributed by atoms with van der Waals surface area (Å²) in [4.78, 5) is 28.7. The monoisotopic (exact) mass is 325 g/mol. The van der Waals surface area contributed by atoms with E-state index < -0.39 is 0 Å². The molecule has 6 nitrogen and oxygen atoms in total. The molecule has 0 aliphatic carbocycles. The lowest BCUT2D eigenvalue weighted by Gasteiger charge is -2.11. The molecule has 0 aliphatic heterocycles. The van der Waals surface area contributed by atoms with Gasteiger partial charge in [-0.3, -0.25) is 9.59 Å². The Balaban J connectivity index is 1.70. The zero-order valence-electron chi connectivity index (χ0n) is 13.7. The van der Waals surface area contributed by atoms with Gasteiger partial charge in [0.25, 0.3) is 5.56 Å².